The van der Waals surface area contributed by atoms with Crippen LogP contribution in [0.1, 0.15) is 32.0 Å². The second-order valence-corrected chi connectivity index (χ2v) is 8.51. The quantitative estimate of drug-likeness (QED) is 0.582. The zero-order valence-corrected chi connectivity index (χ0v) is 16.7. The van der Waals surface area contributed by atoms with E-state index < -0.39 is 15.9 Å². The molecule has 0 atom stereocenters. The molecule has 8 nitrogen and oxygen atoms in total. The molecule has 0 spiro atoms. The van der Waals surface area contributed by atoms with Gasteiger partial charge >= 0.3 is 0 Å². The van der Waals surface area contributed by atoms with Crippen LogP contribution in [0.2, 0.25) is 0 Å². The number of aromatic nitrogens is 2. The Morgan fingerprint density at radius 2 is 1.67 bits per heavy atom. The summed E-state index contributed by atoms with van der Waals surface area (Å²) >= 11 is 0. The van der Waals surface area contributed by atoms with Gasteiger partial charge in [-0.05, 0) is 47.9 Å². The molecule has 9 heteroatoms. The summed E-state index contributed by atoms with van der Waals surface area (Å²) in [5.74, 6) is -0.767. The largest absolute Gasteiger partial charge is 0.280 e. The van der Waals surface area contributed by atoms with Gasteiger partial charge in [-0.1, -0.05) is 18.2 Å². The number of hydrogen-bond donors (Lipinski definition) is 1. The Morgan fingerprint density at radius 3 is 2.37 bits per heavy atom. The average molecular weight is 422 g/mol. The normalized spacial score (nSPS) is 13.5. The number of sulfonamides is 1. The van der Waals surface area contributed by atoms with E-state index in [1.165, 1.54) is 18.3 Å². The van der Waals surface area contributed by atoms with Crippen molar-refractivity contribution >= 4 is 21.8 Å². The molecular formula is C21H18N4O4S. The summed E-state index contributed by atoms with van der Waals surface area (Å²) in [6.07, 6.45) is 5.11. The molecule has 2 aromatic heterocycles. The van der Waals surface area contributed by atoms with Crippen LogP contribution in [0.5, 0.6) is 0 Å². The third-order valence-corrected chi connectivity index (χ3v) is 6.19. The number of imide groups is 1. The molecule has 1 aromatic carbocycles. The number of nitrogens with one attached hydrogen (secondary N) is 1. The molecule has 30 heavy (non-hydrogen) atoms. The fourth-order valence-corrected chi connectivity index (χ4v) is 4.18. The molecule has 0 aliphatic carbocycles. The highest BCUT2D eigenvalue weighted by atomic mass is 32.2. The highest BCUT2D eigenvalue weighted by Crippen LogP contribution is 2.21. The number of carbonyl (C=O) groups is 2. The molecule has 4 rings (SSSR count). The van der Waals surface area contributed by atoms with Crippen LogP contribution in [-0.4, -0.2) is 41.6 Å². The molecule has 0 fully saturated rings. The lowest BCUT2D eigenvalue weighted by Gasteiger charge is -2.13. The number of fused-ring (bicyclic) bond motifs is 1. The van der Waals surface area contributed by atoms with Crippen LogP contribution >= 0.6 is 0 Å². The second-order valence-electron chi connectivity index (χ2n) is 6.74. The number of amides is 2. The summed E-state index contributed by atoms with van der Waals surface area (Å²) in [5, 5.41) is 0. The van der Waals surface area contributed by atoms with Gasteiger partial charge in [0.15, 0.2) is 0 Å². The standard InChI is InChI=1S/C21H18N4O4S/c26-20-18-4-2-11-23-19(18)21(27)25(20)12-9-15-5-7-17(8-6-15)30(28,29)24-14-16-3-1-10-22-13-16/h1-8,10-11,13,24H,9,12,14H2. The maximum atomic E-state index is 12.5. The van der Waals surface area contributed by atoms with Crippen LogP contribution in [0.3, 0.4) is 0 Å². The van der Waals surface area contributed by atoms with Crippen LogP contribution < -0.4 is 4.72 Å². The highest BCUT2D eigenvalue weighted by Gasteiger charge is 2.36. The van der Waals surface area contributed by atoms with Crippen molar-refractivity contribution in [1.29, 1.82) is 0 Å². The average Bonchev–Trinajstić information content (AvgIpc) is 3.02. The zero-order valence-electron chi connectivity index (χ0n) is 15.9. The third kappa shape index (κ3) is 3.98. The van der Waals surface area contributed by atoms with Crippen molar-refractivity contribution in [2.75, 3.05) is 6.54 Å². The highest BCUT2D eigenvalue weighted by molar-refractivity contribution is 7.89. The lowest BCUT2D eigenvalue weighted by Crippen LogP contribution is -2.31. The monoisotopic (exact) mass is 422 g/mol. The first-order valence-corrected chi connectivity index (χ1v) is 10.7. The molecule has 0 saturated carbocycles. The topological polar surface area (TPSA) is 109 Å². The number of nitrogens with zero attached hydrogens (tertiary/aromatic N) is 3. The lowest BCUT2D eigenvalue weighted by molar-refractivity contribution is 0.0654. The van der Waals surface area contributed by atoms with Crippen molar-refractivity contribution in [3.05, 3.63) is 89.5 Å². The maximum absolute atomic E-state index is 12.5. The van der Waals surface area contributed by atoms with Gasteiger partial charge in [0.1, 0.15) is 5.69 Å². The van der Waals surface area contributed by atoms with E-state index in [1.807, 2.05) is 0 Å². The predicted molar refractivity (Wildman–Crippen MR) is 108 cm³/mol. The van der Waals surface area contributed by atoms with Crippen LogP contribution in [0.4, 0.5) is 0 Å². The third-order valence-electron chi connectivity index (χ3n) is 4.78. The fraction of sp³-hybridized carbons (Fsp3) is 0.143. The second kappa shape index (κ2) is 8.13. The molecule has 1 aliphatic heterocycles. The van der Waals surface area contributed by atoms with Gasteiger partial charge in [0, 0.05) is 31.7 Å². The van der Waals surface area contributed by atoms with Gasteiger partial charge in [-0.3, -0.25) is 24.5 Å². The molecule has 0 bridgehead atoms. The Labute approximate surface area is 173 Å². The van der Waals surface area contributed by atoms with Gasteiger partial charge in [-0.15, -0.1) is 0 Å². The van der Waals surface area contributed by atoms with Crippen molar-refractivity contribution in [3.8, 4) is 0 Å². The number of benzene rings is 1. The van der Waals surface area contributed by atoms with Gasteiger partial charge in [0.2, 0.25) is 10.0 Å². The smallest absolute Gasteiger partial charge is 0.273 e. The zero-order chi connectivity index (χ0) is 21.1. The van der Waals surface area contributed by atoms with Crippen LogP contribution in [0.25, 0.3) is 0 Å². The molecule has 3 heterocycles. The number of rotatable bonds is 7. The first-order chi connectivity index (χ1) is 14.5. The van der Waals surface area contributed by atoms with E-state index in [0.717, 1.165) is 16.0 Å². The Hall–Kier alpha value is -3.43. The van der Waals surface area contributed by atoms with Gasteiger partial charge in [0.05, 0.1) is 10.5 Å². The summed E-state index contributed by atoms with van der Waals surface area (Å²) in [6, 6.07) is 13.1. The van der Waals surface area contributed by atoms with Crippen molar-refractivity contribution in [3.63, 3.8) is 0 Å². The van der Waals surface area contributed by atoms with E-state index in [1.54, 1.807) is 48.8 Å². The molecule has 152 valence electrons. The summed E-state index contributed by atoms with van der Waals surface area (Å²) in [6.45, 7) is 0.338. The Morgan fingerprint density at radius 1 is 0.900 bits per heavy atom. The van der Waals surface area contributed by atoms with Crippen molar-refractivity contribution in [2.45, 2.75) is 17.9 Å². The summed E-state index contributed by atoms with van der Waals surface area (Å²) in [5.41, 5.74) is 2.05. The van der Waals surface area contributed by atoms with E-state index in [0.29, 0.717) is 12.0 Å². The number of hydrogen-bond acceptors (Lipinski definition) is 6. The lowest BCUT2D eigenvalue weighted by atomic mass is 10.1. The summed E-state index contributed by atoms with van der Waals surface area (Å²) in [7, 11) is -3.66. The number of carbonyl (C=O) groups excluding carboxylic acids is 2. The van der Waals surface area contributed by atoms with Crippen molar-refractivity contribution < 1.29 is 18.0 Å². The molecule has 1 N–H and O–H groups in total. The maximum Gasteiger partial charge on any atom is 0.280 e. The molecule has 0 radical (unpaired) electrons. The van der Waals surface area contributed by atoms with Gasteiger partial charge in [0.25, 0.3) is 11.8 Å². The molecule has 0 saturated heterocycles. The summed E-state index contributed by atoms with van der Waals surface area (Å²) in [4.78, 5) is 34.0. The van der Waals surface area contributed by atoms with Gasteiger partial charge < -0.3 is 0 Å². The van der Waals surface area contributed by atoms with Gasteiger partial charge in [-0.2, -0.15) is 0 Å². The first-order valence-electron chi connectivity index (χ1n) is 9.24. The minimum atomic E-state index is -3.66. The minimum Gasteiger partial charge on any atom is -0.273 e. The van der Waals surface area contributed by atoms with Crippen LogP contribution in [0, 0.1) is 0 Å². The Balaban J connectivity index is 1.38. The first kappa shape index (κ1) is 19.9. The van der Waals surface area contributed by atoms with Crippen molar-refractivity contribution in [1.82, 2.24) is 19.6 Å². The molecule has 3 aromatic rings. The predicted octanol–water partition coefficient (Wildman–Crippen LogP) is 1.79. The molecular weight excluding hydrogens is 404 g/mol. The van der Waals surface area contributed by atoms with E-state index >= 15 is 0 Å². The Kier molecular flexibility index (Phi) is 5.39. The van der Waals surface area contributed by atoms with Gasteiger partial charge in [-0.25, -0.2) is 13.1 Å². The van der Waals surface area contributed by atoms with Crippen LogP contribution in [-0.2, 0) is 23.0 Å². The SMILES string of the molecule is O=C1c2cccnc2C(=O)N1CCc1ccc(S(=O)(=O)NCc2cccnc2)cc1. The van der Waals surface area contributed by atoms with Crippen molar-refractivity contribution in [2.24, 2.45) is 0 Å². The number of pyridine rings is 2. The van der Waals surface area contributed by atoms with E-state index in [9.17, 15) is 18.0 Å². The molecule has 1 aliphatic rings. The Bertz CT molecular complexity index is 1160. The van der Waals surface area contributed by atoms with Crippen LogP contribution in [0.15, 0.2) is 72.0 Å². The van der Waals surface area contributed by atoms with E-state index in [2.05, 4.69) is 14.7 Å². The molecule has 0 unspecified atom stereocenters. The minimum absolute atomic E-state index is 0.139. The fourth-order valence-electron chi connectivity index (χ4n) is 3.16. The van der Waals surface area contributed by atoms with E-state index in [-0.39, 0.29) is 29.6 Å². The van der Waals surface area contributed by atoms with E-state index in [4.69, 9.17) is 0 Å². The molecule has 2 amide bonds. The summed E-state index contributed by atoms with van der Waals surface area (Å²) < 4.78 is 27.5.